The van der Waals surface area contributed by atoms with E-state index in [1.54, 1.807) is 60.4 Å². The van der Waals surface area contributed by atoms with Gasteiger partial charge in [0, 0.05) is 482 Å². The predicted octanol–water partition coefficient (Wildman–Crippen LogP) is 28.2. The molecule has 145 heavy (non-hydrogen) atoms. The first-order valence-electron chi connectivity index (χ1n) is 41.2. The first-order valence-corrected chi connectivity index (χ1v) is 41.2. The summed E-state index contributed by atoms with van der Waals surface area (Å²) in [6.07, 6.45) is 22.3. The fourth-order valence-electron chi connectivity index (χ4n) is 10.8. The Morgan fingerprint density at radius 3 is 0.745 bits per heavy atom. The number of Topliss-reactive ketones (excluding diaryl/α,β-unsaturated/α-hetero) is 2. The minimum atomic E-state index is -0.644. The van der Waals surface area contributed by atoms with Crippen molar-refractivity contribution in [1.29, 1.82) is 0 Å². The van der Waals surface area contributed by atoms with Gasteiger partial charge >= 0.3 is 6.09 Å². The Morgan fingerprint density at radius 2 is 0.510 bits per heavy atom. The highest BCUT2D eigenvalue weighted by Gasteiger charge is 2.37. The molecule has 13 nitrogen and oxygen atoms in total. The van der Waals surface area contributed by atoms with Gasteiger partial charge in [0.25, 0.3) is 11.8 Å². The summed E-state index contributed by atoms with van der Waals surface area (Å²) in [7, 11) is 0. The monoisotopic (exact) mass is 2010 g/mol. The number of carbonyl (C=O) groups excluding carboxylic acids is 6. The van der Waals surface area contributed by atoms with Gasteiger partial charge in [-0.15, -0.1) is 25.7 Å². The average Bonchev–Trinajstić information content (AvgIpc) is 1.61. The van der Waals surface area contributed by atoms with Crippen LogP contribution in [0.3, 0.4) is 0 Å². The van der Waals surface area contributed by atoms with Crippen LogP contribution in [0.25, 0.3) is 11.1 Å². The third-order valence-corrected chi connectivity index (χ3v) is 16.5. The van der Waals surface area contributed by atoms with E-state index in [2.05, 4.69) is 533 Å². The van der Waals surface area contributed by atoms with Crippen molar-refractivity contribution < 1.29 is 159 Å². The van der Waals surface area contributed by atoms with E-state index in [1.807, 2.05) is 24.3 Å². The summed E-state index contributed by atoms with van der Waals surface area (Å²) >= 11 is 0. The van der Waals surface area contributed by atoms with E-state index in [0.717, 1.165) is 38.5 Å². The summed E-state index contributed by atoms with van der Waals surface area (Å²) in [5.74, 6) is 195. The van der Waals surface area contributed by atoms with Gasteiger partial charge in [0.05, 0.1) is 25.2 Å². The number of hydrogen-bond acceptors (Lipinski definition) is 9. The number of anilines is 2. The molecule has 0 unspecified atom stereocenters. The topological polar surface area (TPSA) is 149 Å². The zero-order valence-corrected chi connectivity index (χ0v) is 76.0. The van der Waals surface area contributed by atoms with Crippen molar-refractivity contribution in [2.45, 2.75) is 57.0 Å². The van der Waals surface area contributed by atoms with Crippen molar-refractivity contribution in [3.63, 3.8) is 0 Å². The average molecular weight is 2010 g/mol. The van der Waals surface area contributed by atoms with Crippen molar-refractivity contribution in [1.82, 2.24) is 19.6 Å². The fraction of sp³-hybridized carbons (Fsp3) is 0.106. The Labute approximate surface area is 979 Å². The number of benzene rings is 4. The van der Waals surface area contributed by atoms with E-state index in [1.165, 1.54) is 4.90 Å². The van der Waals surface area contributed by atoms with E-state index in [9.17, 15) is 28.8 Å². The summed E-state index contributed by atoms with van der Waals surface area (Å²) < 4.78 is 5.87. The summed E-state index contributed by atoms with van der Waals surface area (Å²) in [5.41, 5.74) is 6.05. The standard InChI is InChI=1S/C72H27N3O4.C60H21N3O3.88H2/c1-3-5-7-9-11-13-15-17-19-21-23-25-27-29-31-33-35-37-39-45-57-74(58-46-40-38-36-34-32-30-28-26-24-22-20-18-16-14-12-10-8-6-4-2)71(77)62-53-55-63(56-54-62)73-60-70(76)69-52-47-59-75(69)72(78)79-61-68-66-50-43-41-48-64(66)65-49-42-44-51-67(65)68;1-4-7-9-11-13-15-17-19-21-23-25-27-29-31-33-35-37-39-41-43-51-62(52-44-42-40-38-36-34-32-30-28-26-24-22-20-18-16-14-12-10-8-5-2)60(66)55-47-49-56(50-48-55)61-54-58(64)57-46-45-53-63(57)59(65)6-3;;;;;;;;;;;;;;;;;;;;;;;;;;;;;;;;;;;;;;;;;;;;;;;;;;;;;;;;;;;;;;;;;;;;;;;;;;;;;;;;;;;;;;;;/h1-2,41-44,48-51,53-56,68-69,73H,47,52,59-61H2;1-2,47-50,57,61H,6,45-46,53-54H2,3H3;88*1H/t69-;57-;;;;;;;;;;;;;;;;;;;;;;;;;;;;;;;;;;;;;;;;;;;;;;;;;;;;;;;;;;;;;;;;;;;;;;;;;;;;;;;;;;;;;;;;/m00......................................................................................../s1. The molecule has 2 atom stereocenters. The lowest BCUT2D eigenvalue weighted by Crippen LogP contribution is -2.43. The van der Waals surface area contributed by atoms with Crippen LogP contribution in [-0.4, -0.2) is 99.9 Å². The van der Waals surface area contributed by atoms with Gasteiger partial charge in [-0.05, 0) is 286 Å². The number of carbonyl (C=O) groups is 6. The van der Waals surface area contributed by atoms with Gasteiger partial charge in [-0.3, -0.25) is 28.9 Å². The first kappa shape index (κ1) is 108. The number of rotatable bonds is 13. The smallest absolute Gasteiger partial charge is 0.410 e. The van der Waals surface area contributed by atoms with Gasteiger partial charge in [-0.25, -0.2) is 4.79 Å². The molecule has 824 valence electrons. The Morgan fingerprint density at radius 1 is 0.297 bits per heavy atom. The zero-order valence-electron chi connectivity index (χ0n) is 76.0. The third-order valence-electron chi connectivity index (χ3n) is 16.5. The molecule has 4 aromatic rings. The molecule has 0 spiro atoms. The third kappa shape index (κ3) is 46.5. The highest BCUT2D eigenvalue weighted by molar-refractivity contribution is 5.99. The summed E-state index contributed by atoms with van der Waals surface area (Å²) in [6.45, 7) is 2.87. The maximum Gasteiger partial charge on any atom is 0.410 e. The maximum atomic E-state index is 13.6. The van der Waals surface area contributed by atoms with Gasteiger partial charge < -0.3 is 20.3 Å². The first-order chi connectivity index (χ1) is 71.5. The molecule has 0 saturated carbocycles. The highest BCUT2D eigenvalue weighted by Crippen LogP contribution is 2.44. The van der Waals surface area contributed by atoms with Crippen molar-refractivity contribution in [2.24, 2.45) is 0 Å². The van der Waals surface area contributed by atoms with Crippen molar-refractivity contribution in [2.75, 3.05) is 43.4 Å². The number of amides is 4. The zero-order chi connectivity index (χ0) is 103. The molecule has 7 rings (SSSR count). The molecule has 2 N–H and O–H groups in total. The fourth-order valence-corrected chi connectivity index (χ4v) is 10.8. The van der Waals surface area contributed by atoms with Gasteiger partial charge in [-0.2, -0.15) is 9.80 Å². The molecule has 2 aliphatic heterocycles. The van der Waals surface area contributed by atoms with Gasteiger partial charge in [0.1, 0.15) is 6.61 Å². The number of nitrogens with zero attached hydrogens (tertiary/aromatic N) is 4. The Hall–Kier alpha value is -25.9. The highest BCUT2D eigenvalue weighted by atomic mass is 16.6. The molecule has 13 heteroatoms. The van der Waals surface area contributed by atoms with Crippen molar-refractivity contribution in [3.8, 4) is 535 Å². The molecule has 3 aliphatic rings. The van der Waals surface area contributed by atoms with Crippen LogP contribution >= 0.6 is 0 Å². The van der Waals surface area contributed by atoms with Crippen LogP contribution in [0.2, 0.25) is 0 Å². The number of terminal acetylenes is 4. The Balaban J connectivity index is -0.0000000174. The lowest BCUT2D eigenvalue weighted by atomic mass is 9.98. The number of likely N-dealkylation sites (tertiary alicyclic amines) is 2. The number of nitrogens with one attached hydrogen (secondary N) is 2. The lowest BCUT2D eigenvalue weighted by molar-refractivity contribution is -0.136. The quantitative estimate of drug-likeness (QED) is 0.0985. The van der Waals surface area contributed by atoms with Crippen molar-refractivity contribution >= 4 is 46.8 Å². The van der Waals surface area contributed by atoms with Crippen LogP contribution in [0.5, 0.6) is 0 Å². The SMILES string of the molecule is C#CC#CC#CC#CC#CC#CC#CC#CC#CC#CC#CN(C#CC#CC#CC#CC#CC#CC#CC#CC#CC#CC#C)C(=O)c1ccc(NCC(=O)[C@@H]2CCCN2C(=O)CC)cc1.C#CC#CC#CC#CC#CC#CC#CC#CC#CC#CC#CN(C#CC#CC#CC#CC#CC#CC#CC#CC#CC#CC#C)C(=O)c1ccc(NCC(=O)[C@@H]2CCCN2C(=O)OCC2c3ccccc3-c3ccccc32)cc1.[HH].[HH].[HH].[HH].[HH].[HH].[HH].[HH].[HH].[HH].[HH].[HH].[HH].[HH].[HH].[HH].[HH].[HH].[HH].[HH].[HH].[HH].[HH].[HH].[HH].[HH].[HH].[HH].[HH].[HH].[HH].[HH].[HH].[HH].[HH].[HH].[HH].[HH].[HH].[HH].[HH].[HH].[HH].[HH].[HH].[HH].[HH].[HH].[HH].[HH].[HH].[HH].[HH].[HH].[HH].[HH].[HH].[HH].[HH].[HH].[HH].[HH].[HH].[HH].[HH].[HH].[HH].[HH].[HH].[HH].[HH].[HH].[HH].[HH].[HH].[HH].[HH].[HH].[HH].[HH].[HH].[HH].[HH].[HH].[HH].[HH].[HH].[HH]. The summed E-state index contributed by atoms with van der Waals surface area (Å²) in [5, 5.41) is 6.17. The second-order valence-corrected chi connectivity index (χ2v) is 25.4. The normalized spacial score (nSPS) is 9.17. The molecular formula is C132H224N6O7. The van der Waals surface area contributed by atoms with Crippen LogP contribution in [0.15, 0.2) is 97.1 Å². The van der Waals surface area contributed by atoms with Crippen LogP contribution in [0.1, 0.15) is 202 Å². The minimum absolute atomic E-state index is 0. The second kappa shape index (κ2) is 71.9. The molecular weight excluding hydrogens is 1780 g/mol. The van der Waals surface area contributed by atoms with Crippen LogP contribution in [0, 0.1) is 524 Å². The van der Waals surface area contributed by atoms with Gasteiger partial charge in [0.2, 0.25) is 5.91 Å². The van der Waals surface area contributed by atoms with Crippen LogP contribution in [-0.2, 0) is 19.1 Å². The van der Waals surface area contributed by atoms with Gasteiger partial charge in [0.15, 0.2) is 11.6 Å². The van der Waals surface area contributed by atoms with E-state index in [-0.39, 0.29) is 180 Å². The van der Waals surface area contributed by atoms with Crippen LogP contribution < -0.4 is 10.6 Å². The molecule has 0 aromatic heterocycles. The molecule has 2 heterocycles. The molecule has 0 radical (unpaired) electrons. The second-order valence-electron chi connectivity index (χ2n) is 25.4. The number of fused-ring (bicyclic) bond motifs is 3. The summed E-state index contributed by atoms with van der Waals surface area (Å²) in [4.78, 5) is 84.1. The summed E-state index contributed by atoms with van der Waals surface area (Å²) in [6, 6.07) is 38.1. The molecule has 2 saturated heterocycles. The van der Waals surface area contributed by atoms with E-state index in [0.29, 0.717) is 50.1 Å². The molecule has 4 aromatic carbocycles. The van der Waals surface area contributed by atoms with Gasteiger partial charge in [-0.1, -0.05) is 55.5 Å². The maximum absolute atomic E-state index is 13.6. The largest absolute Gasteiger partial charge is 0.448 e. The Kier molecular flexibility index (Phi) is 53.5. The lowest BCUT2D eigenvalue weighted by Gasteiger charge is -2.24. The molecule has 1 aliphatic carbocycles. The van der Waals surface area contributed by atoms with E-state index >= 15 is 0 Å². The van der Waals surface area contributed by atoms with Crippen LogP contribution in [0.4, 0.5) is 16.2 Å². The van der Waals surface area contributed by atoms with Crippen molar-refractivity contribution in [3.05, 3.63) is 119 Å². The minimum Gasteiger partial charge on any atom is -0.448 e. The van der Waals surface area contributed by atoms with E-state index in [4.69, 9.17) is 30.4 Å². The van der Waals surface area contributed by atoms with E-state index < -0.39 is 30.0 Å². The molecule has 4 amide bonds. The predicted molar refractivity (Wildman–Crippen MR) is 744 cm³/mol. The molecule has 0 bridgehead atoms. The molecule has 2 fully saturated rings. The Bertz CT molecular complexity index is 8960. The number of hydrogen-bond donors (Lipinski definition) is 2. The number of ketones is 2. The number of ether oxygens (including phenoxy) is 1.